The predicted molar refractivity (Wildman–Crippen MR) is 110 cm³/mol. The summed E-state index contributed by atoms with van der Waals surface area (Å²) >= 11 is 4.80. The molecule has 0 saturated heterocycles. The van der Waals surface area contributed by atoms with Crippen LogP contribution in [-0.2, 0) is 17.9 Å². The first kappa shape index (κ1) is 19.9. The molecule has 0 spiro atoms. The molecule has 1 fully saturated rings. The number of ether oxygens (including phenoxy) is 1. The Kier molecular flexibility index (Phi) is 7.34. The fourth-order valence-electron chi connectivity index (χ4n) is 2.99. The molecule has 8 heteroatoms. The molecular weight excluding hydrogens is 428 g/mol. The van der Waals surface area contributed by atoms with Gasteiger partial charge in [0, 0.05) is 17.1 Å². The third-order valence-corrected chi connectivity index (χ3v) is 5.83. The molecule has 3 rings (SSSR count). The first-order valence-corrected chi connectivity index (χ1v) is 10.8. The van der Waals surface area contributed by atoms with E-state index in [9.17, 15) is 4.79 Å². The van der Waals surface area contributed by atoms with Crippen LogP contribution in [0.5, 0.6) is 5.75 Å². The molecule has 144 valence electrons. The van der Waals surface area contributed by atoms with Gasteiger partial charge < -0.3 is 10.1 Å². The topological polar surface area (TPSA) is 69.0 Å². The molecular formula is C19H23BrN4O2S. The highest BCUT2D eigenvalue weighted by Crippen LogP contribution is 2.21. The zero-order valence-electron chi connectivity index (χ0n) is 15.1. The van der Waals surface area contributed by atoms with Crippen molar-refractivity contribution < 1.29 is 9.53 Å². The maximum atomic E-state index is 12.1. The number of nitrogens with zero attached hydrogens (tertiary/aromatic N) is 3. The molecule has 1 aromatic carbocycles. The van der Waals surface area contributed by atoms with Crippen LogP contribution in [0.15, 0.2) is 46.5 Å². The van der Waals surface area contributed by atoms with Gasteiger partial charge in [-0.2, -0.15) is 0 Å². The number of rotatable bonds is 9. The van der Waals surface area contributed by atoms with Crippen LogP contribution in [0.1, 0.15) is 31.5 Å². The SMILES string of the molecule is C=CCn1c(COc2ccc(Br)cc2)nnc1SCC(=O)NC1CCCC1. The molecule has 1 N–H and O–H groups in total. The van der Waals surface area contributed by atoms with Crippen molar-refractivity contribution in [1.29, 1.82) is 0 Å². The molecule has 1 heterocycles. The zero-order valence-corrected chi connectivity index (χ0v) is 17.5. The van der Waals surface area contributed by atoms with Crippen LogP contribution in [0.2, 0.25) is 0 Å². The molecule has 0 bridgehead atoms. The van der Waals surface area contributed by atoms with Crippen molar-refractivity contribution in [3.63, 3.8) is 0 Å². The summed E-state index contributed by atoms with van der Waals surface area (Å²) in [7, 11) is 0. The molecule has 1 amide bonds. The lowest BCUT2D eigenvalue weighted by Crippen LogP contribution is -2.33. The average molecular weight is 451 g/mol. The van der Waals surface area contributed by atoms with Crippen LogP contribution in [0.3, 0.4) is 0 Å². The molecule has 27 heavy (non-hydrogen) atoms. The second kappa shape index (κ2) is 9.94. The van der Waals surface area contributed by atoms with Crippen LogP contribution < -0.4 is 10.1 Å². The highest BCUT2D eigenvalue weighted by Gasteiger charge is 2.18. The van der Waals surface area contributed by atoms with Gasteiger partial charge in [0.1, 0.15) is 12.4 Å². The maximum Gasteiger partial charge on any atom is 0.230 e. The molecule has 1 aliphatic rings. The Morgan fingerprint density at radius 3 is 2.78 bits per heavy atom. The molecule has 0 radical (unpaired) electrons. The summed E-state index contributed by atoms with van der Waals surface area (Å²) in [5.41, 5.74) is 0. The fourth-order valence-corrected chi connectivity index (χ4v) is 4.04. The summed E-state index contributed by atoms with van der Waals surface area (Å²) in [5, 5.41) is 12.2. The number of halogens is 1. The van der Waals surface area contributed by atoms with Crippen molar-refractivity contribution in [2.24, 2.45) is 0 Å². The van der Waals surface area contributed by atoms with Gasteiger partial charge in [0.25, 0.3) is 0 Å². The summed E-state index contributed by atoms with van der Waals surface area (Å²) < 4.78 is 8.72. The van der Waals surface area contributed by atoms with Crippen molar-refractivity contribution in [2.75, 3.05) is 5.75 Å². The quantitative estimate of drug-likeness (QED) is 0.462. The van der Waals surface area contributed by atoms with Gasteiger partial charge in [0.2, 0.25) is 5.91 Å². The number of carbonyl (C=O) groups is 1. The first-order valence-electron chi connectivity index (χ1n) is 8.99. The van der Waals surface area contributed by atoms with Gasteiger partial charge >= 0.3 is 0 Å². The van der Waals surface area contributed by atoms with Crippen molar-refractivity contribution in [1.82, 2.24) is 20.1 Å². The van der Waals surface area contributed by atoms with E-state index in [2.05, 4.69) is 38.0 Å². The minimum Gasteiger partial charge on any atom is -0.486 e. The Labute approximate surface area is 171 Å². The van der Waals surface area contributed by atoms with Crippen molar-refractivity contribution in [3.8, 4) is 5.75 Å². The Morgan fingerprint density at radius 2 is 2.07 bits per heavy atom. The predicted octanol–water partition coefficient (Wildman–Crippen LogP) is 3.96. The molecule has 0 unspecified atom stereocenters. The van der Waals surface area contributed by atoms with E-state index in [1.807, 2.05) is 28.8 Å². The number of carbonyl (C=O) groups excluding carboxylic acids is 1. The number of nitrogens with one attached hydrogen (secondary N) is 1. The summed E-state index contributed by atoms with van der Waals surface area (Å²) in [6, 6.07) is 7.96. The number of aromatic nitrogens is 3. The van der Waals surface area contributed by atoms with Crippen LogP contribution >= 0.6 is 27.7 Å². The minimum atomic E-state index is 0.0488. The lowest BCUT2D eigenvalue weighted by atomic mass is 10.2. The normalized spacial score (nSPS) is 14.3. The number of hydrogen-bond donors (Lipinski definition) is 1. The van der Waals surface area contributed by atoms with E-state index in [0.717, 1.165) is 23.1 Å². The first-order chi connectivity index (χ1) is 13.2. The average Bonchev–Trinajstić information content (AvgIpc) is 3.30. The van der Waals surface area contributed by atoms with Crippen LogP contribution in [-0.4, -0.2) is 32.5 Å². The van der Waals surface area contributed by atoms with Gasteiger partial charge in [0.05, 0.1) is 5.75 Å². The Bertz CT molecular complexity index is 773. The van der Waals surface area contributed by atoms with Gasteiger partial charge in [-0.15, -0.1) is 16.8 Å². The summed E-state index contributed by atoms with van der Waals surface area (Å²) in [4.78, 5) is 12.1. The summed E-state index contributed by atoms with van der Waals surface area (Å²) in [6.07, 6.45) is 6.36. The van der Waals surface area contributed by atoms with Gasteiger partial charge in [-0.1, -0.05) is 46.6 Å². The molecule has 0 atom stereocenters. The lowest BCUT2D eigenvalue weighted by Gasteiger charge is -2.12. The second-order valence-electron chi connectivity index (χ2n) is 6.38. The maximum absolute atomic E-state index is 12.1. The molecule has 6 nitrogen and oxygen atoms in total. The Morgan fingerprint density at radius 1 is 1.33 bits per heavy atom. The largest absolute Gasteiger partial charge is 0.486 e. The number of amides is 1. The fraction of sp³-hybridized carbons (Fsp3) is 0.421. The van der Waals surface area contributed by atoms with E-state index in [-0.39, 0.29) is 5.91 Å². The summed E-state index contributed by atoms with van der Waals surface area (Å²) in [6.45, 7) is 4.67. The third-order valence-electron chi connectivity index (χ3n) is 4.34. The van der Waals surface area contributed by atoms with Crippen LogP contribution in [0.25, 0.3) is 0 Å². The van der Waals surface area contributed by atoms with E-state index < -0.39 is 0 Å². The molecule has 1 aromatic heterocycles. The number of thioether (sulfide) groups is 1. The molecule has 2 aromatic rings. The van der Waals surface area contributed by atoms with Crippen molar-refractivity contribution in [3.05, 3.63) is 47.2 Å². The standard InChI is InChI=1S/C19H23BrN4O2S/c1-2-11-24-17(12-26-16-9-7-14(20)8-10-16)22-23-19(24)27-13-18(25)21-15-5-3-4-6-15/h2,7-10,15H,1,3-6,11-13H2,(H,21,25). The number of allylic oxidation sites excluding steroid dienone is 1. The third kappa shape index (κ3) is 5.84. The Balaban J connectivity index is 1.57. The zero-order chi connectivity index (χ0) is 19.1. The second-order valence-corrected chi connectivity index (χ2v) is 8.24. The van der Waals surface area contributed by atoms with Crippen LogP contribution in [0.4, 0.5) is 0 Å². The Hall–Kier alpha value is -1.80. The van der Waals surface area contributed by atoms with E-state index in [0.29, 0.717) is 35.9 Å². The summed E-state index contributed by atoms with van der Waals surface area (Å²) in [5.74, 6) is 1.85. The smallest absolute Gasteiger partial charge is 0.230 e. The van der Waals surface area contributed by atoms with Gasteiger partial charge in [-0.3, -0.25) is 9.36 Å². The molecule has 1 aliphatic carbocycles. The molecule has 0 aliphatic heterocycles. The van der Waals surface area contributed by atoms with Gasteiger partial charge in [0.15, 0.2) is 11.0 Å². The minimum absolute atomic E-state index is 0.0488. The highest BCUT2D eigenvalue weighted by molar-refractivity contribution is 9.10. The van der Waals surface area contributed by atoms with Crippen molar-refractivity contribution >= 4 is 33.6 Å². The number of benzene rings is 1. The molecule has 1 saturated carbocycles. The van der Waals surface area contributed by atoms with Crippen molar-refractivity contribution in [2.45, 2.75) is 50.0 Å². The number of hydrogen-bond acceptors (Lipinski definition) is 5. The monoisotopic (exact) mass is 450 g/mol. The van der Waals surface area contributed by atoms with E-state index in [1.165, 1.54) is 24.6 Å². The van der Waals surface area contributed by atoms with Gasteiger partial charge in [-0.25, -0.2) is 0 Å². The van der Waals surface area contributed by atoms with E-state index >= 15 is 0 Å². The van der Waals surface area contributed by atoms with Gasteiger partial charge in [-0.05, 0) is 37.1 Å². The van der Waals surface area contributed by atoms with E-state index in [4.69, 9.17) is 4.74 Å². The van der Waals surface area contributed by atoms with Crippen LogP contribution in [0, 0.1) is 0 Å². The highest BCUT2D eigenvalue weighted by atomic mass is 79.9. The van der Waals surface area contributed by atoms with E-state index in [1.54, 1.807) is 6.08 Å². The lowest BCUT2D eigenvalue weighted by molar-refractivity contribution is -0.119.